The predicted octanol–water partition coefficient (Wildman–Crippen LogP) is 3.84. The van der Waals surface area contributed by atoms with Gasteiger partial charge in [0.15, 0.2) is 0 Å². The summed E-state index contributed by atoms with van der Waals surface area (Å²) < 4.78 is 0. The first kappa shape index (κ1) is 17.3. The number of aryl methyl sites for hydroxylation is 1. The third kappa shape index (κ3) is 3.77. The summed E-state index contributed by atoms with van der Waals surface area (Å²) in [6.07, 6.45) is 0. The molecule has 0 atom stereocenters. The van der Waals surface area contributed by atoms with Gasteiger partial charge >= 0.3 is 6.03 Å². The zero-order valence-corrected chi connectivity index (χ0v) is 15.0. The maximum absolute atomic E-state index is 12.6. The van der Waals surface area contributed by atoms with Crippen LogP contribution in [0.4, 0.5) is 16.2 Å². The molecule has 1 aliphatic rings. The van der Waals surface area contributed by atoms with Crippen LogP contribution in [0.5, 0.6) is 0 Å². The van der Waals surface area contributed by atoms with Gasteiger partial charge in [-0.25, -0.2) is 4.79 Å². The molecule has 0 radical (unpaired) electrons. The zero-order chi connectivity index (χ0) is 18.0. The van der Waals surface area contributed by atoms with Crippen LogP contribution in [0, 0.1) is 13.8 Å². The van der Waals surface area contributed by atoms with Gasteiger partial charge in [0.2, 0.25) is 5.91 Å². The summed E-state index contributed by atoms with van der Waals surface area (Å²) in [6.45, 7) is 5.04. The Kier molecular flexibility index (Phi) is 4.95. The molecular formula is C19H20ClN3O2. The van der Waals surface area contributed by atoms with Crippen LogP contribution in [0.2, 0.25) is 5.02 Å². The first-order valence-electron chi connectivity index (χ1n) is 8.14. The fourth-order valence-corrected chi connectivity index (χ4v) is 3.05. The first-order valence-corrected chi connectivity index (χ1v) is 8.51. The molecule has 1 heterocycles. The minimum Gasteiger partial charge on any atom is -0.324 e. The van der Waals surface area contributed by atoms with E-state index in [1.54, 1.807) is 28.0 Å². The lowest BCUT2D eigenvalue weighted by molar-refractivity contribution is -0.116. The number of carbonyl (C=O) groups excluding carboxylic acids is 2. The molecule has 6 heteroatoms. The highest BCUT2D eigenvalue weighted by molar-refractivity contribution is 6.30. The molecule has 1 aliphatic heterocycles. The molecule has 1 N–H and O–H groups in total. The summed E-state index contributed by atoms with van der Waals surface area (Å²) >= 11 is 5.99. The topological polar surface area (TPSA) is 52.7 Å². The van der Waals surface area contributed by atoms with Gasteiger partial charge in [-0.3, -0.25) is 9.69 Å². The van der Waals surface area contributed by atoms with Crippen molar-refractivity contribution in [1.29, 1.82) is 0 Å². The molecule has 0 aromatic heterocycles. The van der Waals surface area contributed by atoms with Crippen molar-refractivity contribution in [2.24, 2.45) is 0 Å². The van der Waals surface area contributed by atoms with Crippen molar-refractivity contribution in [2.45, 2.75) is 13.8 Å². The monoisotopic (exact) mass is 357 g/mol. The minimum atomic E-state index is -0.199. The zero-order valence-electron chi connectivity index (χ0n) is 14.3. The van der Waals surface area contributed by atoms with Crippen molar-refractivity contribution in [3.05, 3.63) is 58.6 Å². The lowest BCUT2D eigenvalue weighted by Crippen LogP contribution is -2.37. The van der Waals surface area contributed by atoms with Gasteiger partial charge in [-0.1, -0.05) is 29.8 Å². The third-order valence-corrected chi connectivity index (χ3v) is 4.66. The van der Waals surface area contributed by atoms with E-state index in [-0.39, 0.29) is 18.5 Å². The maximum Gasteiger partial charge on any atom is 0.325 e. The Hall–Kier alpha value is -2.53. The van der Waals surface area contributed by atoms with Gasteiger partial charge in [-0.15, -0.1) is 0 Å². The molecule has 0 saturated carbocycles. The molecule has 0 aliphatic carbocycles. The fraction of sp³-hybridized carbons (Fsp3) is 0.263. The largest absolute Gasteiger partial charge is 0.325 e. The molecular weight excluding hydrogens is 338 g/mol. The Balaban J connectivity index is 1.65. The Morgan fingerprint density at radius 2 is 1.92 bits per heavy atom. The Morgan fingerprint density at radius 1 is 1.16 bits per heavy atom. The molecule has 1 saturated heterocycles. The molecule has 5 nitrogen and oxygen atoms in total. The Bertz CT molecular complexity index is 822. The van der Waals surface area contributed by atoms with Crippen molar-refractivity contribution in [3.63, 3.8) is 0 Å². The van der Waals surface area contributed by atoms with Gasteiger partial charge in [-0.05, 0) is 49.2 Å². The minimum absolute atomic E-state index is 0.0310. The third-order valence-electron chi connectivity index (χ3n) is 4.43. The van der Waals surface area contributed by atoms with Crippen LogP contribution in [0.3, 0.4) is 0 Å². The predicted molar refractivity (Wildman–Crippen MR) is 100 cm³/mol. The molecule has 0 bridgehead atoms. The highest BCUT2D eigenvalue weighted by Crippen LogP contribution is 2.23. The van der Waals surface area contributed by atoms with Gasteiger partial charge in [-0.2, -0.15) is 0 Å². The van der Waals surface area contributed by atoms with Gasteiger partial charge in [0.05, 0.1) is 0 Å². The highest BCUT2D eigenvalue weighted by Gasteiger charge is 2.30. The van der Waals surface area contributed by atoms with Crippen molar-refractivity contribution >= 4 is 34.9 Å². The van der Waals surface area contributed by atoms with E-state index in [1.807, 2.05) is 38.1 Å². The quantitative estimate of drug-likeness (QED) is 0.903. The number of benzene rings is 2. The molecule has 2 aromatic carbocycles. The second-order valence-electron chi connectivity index (χ2n) is 6.13. The molecule has 3 amide bonds. The number of nitrogens with one attached hydrogen (secondary N) is 1. The fourth-order valence-electron chi connectivity index (χ4n) is 2.86. The number of rotatable bonds is 4. The molecule has 130 valence electrons. The standard InChI is InChI=1S/C19H20ClN3O2/c1-13-5-3-8-17(14(13)2)21-18(24)12-22-9-10-23(19(22)25)16-7-4-6-15(20)11-16/h3-8,11H,9-10,12H2,1-2H3,(H,21,24). The second-order valence-corrected chi connectivity index (χ2v) is 6.57. The molecule has 1 fully saturated rings. The summed E-state index contributed by atoms with van der Waals surface area (Å²) in [5, 5.41) is 3.47. The van der Waals surface area contributed by atoms with E-state index in [2.05, 4.69) is 5.32 Å². The second kappa shape index (κ2) is 7.15. The van der Waals surface area contributed by atoms with Crippen LogP contribution in [0.15, 0.2) is 42.5 Å². The SMILES string of the molecule is Cc1cccc(NC(=O)CN2CCN(c3cccc(Cl)c3)C2=O)c1C. The van der Waals surface area contributed by atoms with E-state index in [1.165, 1.54) is 0 Å². The Labute approximate surface area is 152 Å². The molecule has 0 spiro atoms. The lowest BCUT2D eigenvalue weighted by atomic mass is 10.1. The normalized spacial score (nSPS) is 14.1. The summed E-state index contributed by atoms with van der Waals surface area (Å²) in [4.78, 5) is 28.1. The summed E-state index contributed by atoms with van der Waals surface area (Å²) in [5.74, 6) is -0.199. The maximum atomic E-state index is 12.6. The van der Waals surface area contributed by atoms with E-state index in [4.69, 9.17) is 11.6 Å². The van der Waals surface area contributed by atoms with Crippen LogP contribution >= 0.6 is 11.6 Å². The molecule has 2 aromatic rings. The molecule has 3 rings (SSSR count). The van der Waals surface area contributed by atoms with Crippen molar-refractivity contribution < 1.29 is 9.59 Å². The first-order chi connectivity index (χ1) is 12.0. The van der Waals surface area contributed by atoms with Crippen LogP contribution < -0.4 is 10.2 Å². The van der Waals surface area contributed by atoms with E-state index < -0.39 is 0 Å². The van der Waals surface area contributed by atoms with E-state index in [9.17, 15) is 9.59 Å². The molecule has 0 unspecified atom stereocenters. The van der Waals surface area contributed by atoms with Crippen LogP contribution in [-0.4, -0.2) is 36.5 Å². The molecule has 25 heavy (non-hydrogen) atoms. The number of halogens is 1. The van der Waals surface area contributed by atoms with Gasteiger partial charge in [0.1, 0.15) is 6.54 Å². The number of hydrogen-bond acceptors (Lipinski definition) is 2. The summed E-state index contributed by atoms with van der Waals surface area (Å²) in [6, 6.07) is 12.7. The number of carbonyl (C=O) groups is 2. The van der Waals surface area contributed by atoms with Gasteiger partial charge in [0, 0.05) is 29.5 Å². The van der Waals surface area contributed by atoms with Crippen molar-refractivity contribution in [2.75, 3.05) is 29.9 Å². The average Bonchev–Trinajstić information content (AvgIpc) is 2.93. The Morgan fingerprint density at radius 3 is 2.68 bits per heavy atom. The summed E-state index contributed by atoms with van der Waals surface area (Å²) in [7, 11) is 0. The van der Waals surface area contributed by atoms with Crippen molar-refractivity contribution in [1.82, 2.24) is 4.90 Å². The van der Waals surface area contributed by atoms with Gasteiger partial charge in [0.25, 0.3) is 0 Å². The van der Waals surface area contributed by atoms with E-state index in [0.29, 0.717) is 18.1 Å². The number of nitrogens with zero attached hydrogens (tertiary/aromatic N) is 2. The summed E-state index contributed by atoms with van der Waals surface area (Å²) in [5.41, 5.74) is 3.67. The van der Waals surface area contributed by atoms with Crippen molar-refractivity contribution in [3.8, 4) is 0 Å². The lowest BCUT2D eigenvalue weighted by Gasteiger charge is -2.19. The smallest absolute Gasteiger partial charge is 0.324 e. The number of urea groups is 1. The van der Waals surface area contributed by atoms with E-state index >= 15 is 0 Å². The number of anilines is 2. The number of hydrogen-bond donors (Lipinski definition) is 1. The average molecular weight is 358 g/mol. The van der Waals surface area contributed by atoms with Crippen LogP contribution in [0.25, 0.3) is 0 Å². The van der Waals surface area contributed by atoms with Crippen LogP contribution in [0.1, 0.15) is 11.1 Å². The van der Waals surface area contributed by atoms with Gasteiger partial charge < -0.3 is 10.2 Å². The van der Waals surface area contributed by atoms with Crippen LogP contribution in [-0.2, 0) is 4.79 Å². The van der Waals surface area contributed by atoms with E-state index in [0.717, 1.165) is 22.5 Å². The number of amides is 3. The highest BCUT2D eigenvalue weighted by atomic mass is 35.5.